The number of carbonyl (C=O) groups excluding carboxylic acids is 2. The Morgan fingerprint density at radius 1 is 0.739 bits per heavy atom. The Morgan fingerprint density at radius 3 is 1.43 bits per heavy atom. The van der Waals surface area contributed by atoms with Crippen LogP contribution in [0.4, 0.5) is 0 Å². The van der Waals surface area contributed by atoms with Crippen LogP contribution >= 0.6 is 0 Å². The fraction of sp³-hybridized carbons (Fsp3) is 0.222. The Morgan fingerprint density at radius 2 is 1.09 bits per heavy atom. The molecule has 0 aliphatic heterocycles. The first-order valence-electron chi connectivity index (χ1n) is 7.27. The van der Waals surface area contributed by atoms with Gasteiger partial charge in [0.2, 0.25) is 0 Å². The number of ketones is 2. The summed E-state index contributed by atoms with van der Waals surface area (Å²) in [7, 11) is 0. The second-order valence-electron chi connectivity index (χ2n) is 5.10. The van der Waals surface area contributed by atoms with Crippen LogP contribution in [0.15, 0.2) is 71.1 Å². The van der Waals surface area contributed by atoms with Gasteiger partial charge in [-0.1, -0.05) is 24.3 Å². The fourth-order valence-corrected chi connectivity index (χ4v) is 2.24. The van der Waals surface area contributed by atoms with E-state index in [4.69, 9.17) is 0 Å². The molecule has 4 nitrogen and oxygen atoms in total. The zero-order valence-electron chi connectivity index (χ0n) is 13.2. The van der Waals surface area contributed by atoms with E-state index in [1.54, 1.807) is 24.3 Å². The zero-order chi connectivity index (χ0) is 15.9. The van der Waals surface area contributed by atoms with Gasteiger partial charge in [-0.2, -0.15) is 0 Å². The van der Waals surface area contributed by atoms with Crippen LogP contribution in [0.3, 0.4) is 0 Å². The maximum absolute atomic E-state index is 11.7. The third-order valence-corrected chi connectivity index (χ3v) is 3.49. The summed E-state index contributed by atoms with van der Waals surface area (Å²) in [4.78, 5) is 23.4. The quantitative estimate of drug-likeness (QED) is 0.448. The molecule has 1 radical (unpaired) electrons. The Labute approximate surface area is 147 Å². The third-order valence-electron chi connectivity index (χ3n) is 3.49. The normalized spacial score (nSPS) is 20.3. The molecule has 2 rings (SSSR count). The molecule has 0 unspecified atom stereocenters. The van der Waals surface area contributed by atoms with Crippen molar-refractivity contribution >= 4 is 11.6 Å². The minimum atomic E-state index is 0. The van der Waals surface area contributed by atoms with Gasteiger partial charge < -0.3 is 10.6 Å². The maximum Gasteiger partial charge on any atom is 0.187 e. The minimum absolute atomic E-state index is 0. The van der Waals surface area contributed by atoms with Crippen molar-refractivity contribution in [1.29, 1.82) is 0 Å². The van der Waals surface area contributed by atoms with Crippen LogP contribution in [0.5, 0.6) is 0 Å². The molecule has 23 heavy (non-hydrogen) atoms. The van der Waals surface area contributed by atoms with Crippen molar-refractivity contribution in [1.82, 2.24) is 10.6 Å². The van der Waals surface area contributed by atoms with E-state index in [9.17, 15) is 9.59 Å². The number of rotatable bonds is 5. The van der Waals surface area contributed by atoms with Crippen LogP contribution in [0, 0.1) is 0 Å². The van der Waals surface area contributed by atoms with E-state index in [0.717, 1.165) is 11.4 Å². The van der Waals surface area contributed by atoms with Gasteiger partial charge in [0, 0.05) is 52.7 Å². The summed E-state index contributed by atoms with van der Waals surface area (Å²) < 4.78 is 0. The Kier molecular flexibility index (Phi) is 7.52. The Bertz CT molecular complexity index is 607. The van der Waals surface area contributed by atoms with E-state index in [2.05, 4.69) is 10.6 Å². The molecule has 0 fully saturated rings. The van der Waals surface area contributed by atoms with E-state index < -0.39 is 0 Å². The molecule has 2 aliphatic rings. The fourth-order valence-electron chi connectivity index (χ4n) is 2.24. The summed E-state index contributed by atoms with van der Waals surface area (Å²) in [5.41, 5.74) is 3.09. The molecular formula is C18H20CuN2O2. The summed E-state index contributed by atoms with van der Waals surface area (Å²) in [5, 5.41) is 6.45. The third kappa shape index (κ3) is 5.23. The summed E-state index contributed by atoms with van der Waals surface area (Å²) in [6.45, 7) is 5.11. The topological polar surface area (TPSA) is 58.2 Å². The summed E-state index contributed by atoms with van der Waals surface area (Å²) in [5.74, 6) is 0.0342. The monoisotopic (exact) mass is 359 g/mol. The van der Waals surface area contributed by atoms with E-state index in [-0.39, 0.29) is 28.6 Å². The van der Waals surface area contributed by atoms with E-state index in [1.807, 2.05) is 38.2 Å². The molecule has 0 atom stereocenters. The first-order valence-corrected chi connectivity index (χ1v) is 7.27. The molecule has 0 saturated heterocycles. The van der Waals surface area contributed by atoms with Gasteiger partial charge in [0.15, 0.2) is 11.6 Å². The standard InChI is InChI=1S/C18H20N2O2.Cu/c1-13(15-7-3-5-9-17(15)21)19-11-12-20-14(2)16-8-4-6-10-18(16)22;/h3-10,19-20H,11-12H2,1-2H3;/b15-13-,16-14-;. The van der Waals surface area contributed by atoms with Crippen molar-refractivity contribution in [3.63, 3.8) is 0 Å². The van der Waals surface area contributed by atoms with Gasteiger partial charge in [0.1, 0.15) is 0 Å². The van der Waals surface area contributed by atoms with Gasteiger partial charge in [-0.3, -0.25) is 9.59 Å². The molecule has 0 heterocycles. The molecule has 0 saturated carbocycles. The number of carbonyl (C=O) groups is 2. The van der Waals surface area contributed by atoms with Gasteiger partial charge in [0.25, 0.3) is 0 Å². The average molecular weight is 360 g/mol. The second-order valence-corrected chi connectivity index (χ2v) is 5.10. The molecular weight excluding hydrogens is 340 g/mol. The van der Waals surface area contributed by atoms with Crippen LogP contribution < -0.4 is 10.6 Å². The largest absolute Gasteiger partial charge is 0.386 e. The summed E-state index contributed by atoms with van der Waals surface area (Å²) in [6.07, 6.45) is 13.9. The number of hydrogen-bond acceptors (Lipinski definition) is 4. The number of hydrogen-bond donors (Lipinski definition) is 2. The van der Waals surface area contributed by atoms with E-state index in [0.29, 0.717) is 24.2 Å². The molecule has 0 spiro atoms. The van der Waals surface area contributed by atoms with Crippen molar-refractivity contribution in [2.45, 2.75) is 13.8 Å². The Balaban J connectivity index is 0.00000264. The molecule has 125 valence electrons. The molecule has 5 heteroatoms. The van der Waals surface area contributed by atoms with Crippen LogP contribution in [0.25, 0.3) is 0 Å². The number of allylic oxidation sites excluding steroid dienone is 12. The number of nitrogens with one attached hydrogen (secondary N) is 2. The summed E-state index contributed by atoms with van der Waals surface area (Å²) >= 11 is 0. The van der Waals surface area contributed by atoms with Crippen LogP contribution in [0.2, 0.25) is 0 Å². The minimum Gasteiger partial charge on any atom is -0.386 e. The molecule has 0 aromatic rings. The summed E-state index contributed by atoms with van der Waals surface area (Å²) in [6, 6.07) is 0. The van der Waals surface area contributed by atoms with E-state index >= 15 is 0 Å². The zero-order valence-corrected chi connectivity index (χ0v) is 14.1. The van der Waals surface area contributed by atoms with Crippen molar-refractivity contribution < 1.29 is 26.7 Å². The molecule has 0 aromatic carbocycles. The molecule has 0 bridgehead atoms. The van der Waals surface area contributed by atoms with Crippen LogP contribution in [0.1, 0.15) is 13.8 Å². The maximum atomic E-state index is 11.7. The van der Waals surface area contributed by atoms with Crippen LogP contribution in [-0.2, 0) is 26.7 Å². The van der Waals surface area contributed by atoms with Gasteiger partial charge >= 0.3 is 0 Å². The molecule has 0 amide bonds. The van der Waals surface area contributed by atoms with Crippen molar-refractivity contribution in [2.75, 3.05) is 13.1 Å². The predicted molar refractivity (Wildman–Crippen MR) is 88.0 cm³/mol. The molecule has 2 N–H and O–H groups in total. The first-order chi connectivity index (χ1) is 10.6. The van der Waals surface area contributed by atoms with Gasteiger partial charge in [-0.15, -0.1) is 0 Å². The van der Waals surface area contributed by atoms with Gasteiger partial charge in [-0.05, 0) is 38.2 Å². The van der Waals surface area contributed by atoms with Crippen molar-refractivity contribution in [3.05, 3.63) is 71.1 Å². The van der Waals surface area contributed by atoms with Crippen LogP contribution in [-0.4, -0.2) is 24.7 Å². The smallest absolute Gasteiger partial charge is 0.187 e. The predicted octanol–water partition coefficient (Wildman–Crippen LogP) is 2.10. The van der Waals surface area contributed by atoms with Crippen molar-refractivity contribution in [3.8, 4) is 0 Å². The van der Waals surface area contributed by atoms with E-state index in [1.165, 1.54) is 0 Å². The molecule has 0 aromatic heterocycles. The first kappa shape index (κ1) is 18.9. The van der Waals surface area contributed by atoms with Crippen molar-refractivity contribution in [2.24, 2.45) is 0 Å². The second kappa shape index (κ2) is 9.13. The van der Waals surface area contributed by atoms with Gasteiger partial charge in [-0.25, -0.2) is 0 Å². The molecule has 2 aliphatic carbocycles. The van der Waals surface area contributed by atoms with Gasteiger partial charge in [0.05, 0.1) is 0 Å². The Hall–Kier alpha value is -2.10. The SMILES string of the molecule is C/C(NCCN/C(C)=C1/C=CC=CC1=O)=C1\C=CC=CC1=O.[Cu]. The average Bonchev–Trinajstić information content (AvgIpc) is 2.52.